The van der Waals surface area contributed by atoms with Crippen LogP contribution >= 0.6 is 7.60 Å². The molecule has 0 saturated heterocycles. The van der Waals surface area contributed by atoms with Crippen LogP contribution in [0.3, 0.4) is 0 Å². The first-order valence-electron chi connectivity index (χ1n) is 8.53. The van der Waals surface area contributed by atoms with Crippen LogP contribution in [0.15, 0.2) is 23.0 Å². The van der Waals surface area contributed by atoms with Gasteiger partial charge in [0.25, 0.3) is 11.5 Å². The second-order valence-corrected chi connectivity index (χ2v) is 8.52. The Bertz CT molecular complexity index is 1090. The third-order valence-electron chi connectivity index (χ3n) is 4.48. The van der Waals surface area contributed by atoms with E-state index in [1.807, 2.05) is 0 Å². The summed E-state index contributed by atoms with van der Waals surface area (Å²) < 4.78 is 31.7. The lowest BCUT2D eigenvalue weighted by atomic mass is 10.1. The van der Waals surface area contributed by atoms with Gasteiger partial charge in [0.15, 0.2) is 5.69 Å². The van der Waals surface area contributed by atoms with Crippen LogP contribution in [0, 0.1) is 5.82 Å². The van der Waals surface area contributed by atoms with Gasteiger partial charge in [-0.3, -0.25) is 18.7 Å². The normalized spacial score (nSPS) is 15.6. The Hall–Kier alpha value is -2.59. The van der Waals surface area contributed by atoms with Gasteiger partial charge in [0.2, 0.25) is 5.75 Å². The summed E-state index contributed by atoms with van der Waals surface area (Å²) in [5.41, 5.74) is -2.33. The number of ether oxygens (including phenoxy) is 1. The molecule has 1 aliphatic heterocycles. The molecule has 2 aromatic rings. The quantitative estimate of drug-likeness (QED) is 0.501. The third kappa shape index (κ3) is 4.08. The molecule has 0 unspecified atom stereocenters. The van der Waals surface area contributed by atoms with Crippen molar-refractivity contribution < 1.29 is 33.4 Å². The third-order valence-corrected chi connectivity index (χ3v) is 5.52. The van der Waals surface area contributed by atoms with Gasteiger partial charge in [-0.05, 0) is 31.5 Å². The minimum absolute atomic E-state index is 0.0223. The number of aromatic hydroxyl groups is 1. The molecule has 156 valence electrons. The number of rotatable bonds is 4. The van der Waals surface area contributed by atoms with Crippen LogP contribution in [-0.4, -0.2) is 37.0 Å². The van der Waals surface area contributed by atoms with Crippen molar-refractivity contribution in [2.24, 2.45) is 0 Å². The van der Waals surface area contributed by atoms with Crippen molar-refractivity contribution in [2.75, 3.05) is 6.61 Å². The highest BCUT2D eigenvalue weighted by molar-refractivity contribution is 7.60. The Labute approximate surface area is 164 Å². The molecule has 1 amide bonds. The molecule has 10 nitrogen and oxygen atoms in total. The number of aromatic nitrogens is 2. The topological polar surface area (TPSA) is 151 Å². The molecule has 0 radical (unpaired) electrons. The fourth-order valence-corrected chi connectivity index (χ4v) is 3.86. The molecule has 2 heterocycles. The summed E-state index contributed by atoms with van der Waals surface area (Å²) in [6.45, 7) is 3.34. The maximum absolute atomic E-state index is 13.3. The molecule has 0 atom stereocenters. The van der Waals surface area contributed by atoms with Crippen molar-refractivity contribution in [1.82, 2.24) is 14.9 Å². The zero-order valence-electron chi connectivity index (χ0n) is 15.5. The van der Waals surface area contributed by atoms with Crippen LogP contribution < -0.4 is 16.2 Å². The zero-order chi connectivity index (χ0) is 21.6. The molecule has 12 heteroatoms. The fraction of sp³-hybridized carbons (Fsp3) is 0.353. The Morgan fingerprint density at radius 3 is 2.76 bits per heavy atom. The number of hydrogen-bond acceptors (Lipinski definition) is 6. The number of hydrogen-bond donors (Lipinski definition) is 4. The summed E-state index contributed by atoms with van der Waals surface area (Å²) in [5, 5.41) is 11.9. The molecule has 3 rings (SSSR count). The summed E-state index contributed by atoms with van der Waals surface area (Å²) in [6, 6.07) is 2.79. The minimum Gasteiger partial charge on any atom is -0.501 e. The SMILES string of the molecule is CC1(C)OCCn2c1nc(C(=O)NCc1ccc(F)cc1P(=O)(O)O)c(O)c2=O. The van der Waals surface area contributed by atoms with Crippen LogP contribution in [0.25, 0.3) is 0 Å². The van der Waals surface area contributed by atoms with E-state index in [4.69, 9.17) is 4.74 Å². The van der Waals surface area contributed by atoms with Gasteiger partial charge in [0.1, 0.15) is 17.2 Å². The van der Waals surface area contributed by atoms with E-state index < -0.39 is 47.2 Å². The summed E-state index contributed by atoms with van der Waals surface area (Å²) in [4.78, 5) is 47.8. The summed E-state index contributed by atoms with van der Waals surface area (Å²) in [6.07, 6.45) is 0. The van der Waals surface area contributed by atoms with E-state index in [0.29, 0.717) is 6.07 Å². The molecule has 0 fully saturated rings. The van der Waals surface area contributed by atoms with Crippen molar-refractivity contribution in [3.8, 4) is 5.75 Å². The smallest absolute Gasteiger partial charge is 0.356 e. The monoisotopic (exact) mass is 427 g/mol. The van der Waals surface area contributed by atoms with Gasteiger partial charge in [0, 0.05) is 6.54 Å². The highest BCUT2D eigenvalue weighted by Gasteiger charge is 2.34. The van der Waals surface area contributed by atoms with Gasteiger partial charge in [-0.2, -0.15) is 0 Å². The van der Waals surface area contributed by atoms with E-state index in [1.54, 1.807) is 13.8 Å². The number of amides is 1. The van der Waals surface area contributed by atoms with Crippen molar-refractivity contribution >= 4 is 18.8 Å². The van der Waals surface area contributed by atoms with Crippen LogP contribution in [0.2, 0.25) is 0 Å². The predicted molar refractivity (Wildman–Crippen MR) is 98.4 cm³/mol. The Balaban J connectivity index is 1.93. The number of halogens is 1. The molecule has 4 N–H and O–H groups in total. The first-order chi connectivity index (χ1) is 13.4. The Kier molecular flexibility index (Phi) is 5.35. The van der Waals surface area contributed by atoms with Crippen molar-refractivity contribution in [3.63, 3.8) is 0 Å². The molecule has 29 heavy (non-hydrogen) atoms. The van der Waals surface area contributed by atoms with E-state index in [0.717, 1.165) is 12.1 Å². The van der Waals surface area contributed by atoms with E-state index in [9.17, 15) is 33.4 Å². The summed E-state index contributed by atoms with van der Waals surface area (Å²) in [5.74, 6) is -2.47. The Morgan fingerprint density at radius 2 is 2.10 bits per heavy atom. The molecule has 0 bridgehead atoms. The first kappa shape index (κ1) is 21.1. The van der Waals surface area contributed by atoms with Crippen LogP contribution in [-0.2, 0) is 28.0 Å². The first-order valence-corrected chi connectivity index (χ1v) is 10.1. The largest absolute Gasteiger partial charge is 0.501 e. The van der Waals surface area contributed by atoms with Gasteiger partial charge in [-0.15, -0.1) is 0 Å². The van der Waals surface area contributed by atoms with Gasteiger partial charge < -0.3 is 24.9 Å². The highest BCUT2D eigenvalue weighted by Crippen LogP contribution is 2.35. The van der Waals surface area contributed by atoms with Gasteiger partial charge in [-0.1, -0.05) is 6.07 Å². The lowest BCUT2D eigenvalue weighted by Crippen LogP contribution is -2.42. The highest BCUT2D eigenvalue weighted by atomic mass is 31.2. The fourth-order valence-electron chi connectivity index (χ4n) is 3.04. The lowest BCUT2D eigenvalue weighted by molar-refractivity contribution is -0.0566. The number of benzene rings is 1. The van der Waals surface area contributed by atoms with E-state index in [2.05, 4.69) is 10.3 Å². The number of carbonyl (C=O) groups is 1. The molecule has 1 aliphatic rings. The number of nitrogens with zero attached hydrogens (tertiary/aromatic N) is 2. The van der Waals surface area contributed by atoms with Crippen molar-refractivity contribution in [1.29, 1.82) is 0 Å². The second-order valence-electron chi connectivity index (χ2n) is 6.95. The number of nitrogens with one attached hydrogen (secondary N) is 1. The number of carbonyl (C=O) groups excluding carboxylic acids is 1. The maximum Gasteiger partial charge on any atom is 0.356 e. The summed E-state index contributed by atoms with van der Waals surface area (Å²) in [7, 11) is -4.79. The van der Waals surface area contributed by atoms with Crippen LogP contribution in [0.1, 0.15) is 35.7 Å². The molecule has 1 aromatic carbocycles. The minimum atomic E-state index is -4.79. The van der Waals surface area contributed by atoms with Crippen LogP contribution in [0.5, 0.6) is 5.75 Å². The van der Waals surface area contributed by atoms with Crippen molar-refractivity contribution in [2.45, 2.75) is 32.5 Å². The molecular weight excluding hydrogens is 408 g/mol. The second kappa shape index (κ2) is 7.34. The molecule has 0 aliphatic carbocycles. The zero-order valence-corrected chi connectivity index (χ0v) is 16.4. The summed E-state index contributed by atoms with van der Waals surface area (Å²) >= 11 is 0. The van der Waals surface area contributed by atoms with Crippen molar-refractivity contribution in [3.05, 3.63) is 51.5 Å². The molecule has 0 saturated carbocycles. The van der Waals surface area contributed by atoms with Gasteiger partial charge in [0.05, 0.1) is 18.5 Å². The molecule has 0 spiro atoms. The Morgan fingerprint density at radius 1 is 1.41 bits per heavy atom. The van der Waals surface area contributed by atoms with Crippen LogP contribution in [0.4, 0.5) is 4.39 Å². The van der Waals surface area contributed by atoms with E-state index >= 15 is 0 Å². The van der Waals surface area contributed by atoms with E-state index in [-0.39, 0.29) is 31.1 Å². The molecular formula is C17H19FN3O7P. The van der Waals surface area contributed by atoms with Gasteiger partial charge >= 0.3 is 7.60 Å². The lowest BCUT2D eigenvalue weighted by Gasteiger charge is -2.32. The van der Waals surface area contributed by atoms with E-state index in [1.165, 1.54) is 4.57 Å². The average molecular weight is 427 g/mol. The average Bonchev–Trinajstić information content (AvgIpc) is 2.62. The predicted octanol–water partition coefficient (Wildman–Crippen LogP) is 0.0863. The standard InChI is InChI=1S/C17H19FN3O7P/c1-17(2)16-20-12(13(22)15(24)21(16)5-6-28-17)14(23)19-8-9-3-4-10(18)7-11(9)29(25,26)27/h3-4,7,22H,5-6,8H2,1-2H3,(H,19,23)(H2,25,26,27). The maximum atomic E-state index is 13.3. The molecule has 1 aromatic heterocycles. The number of fused-ring (bicyclic) bond motifs is 1. The van der Waals surface area contributed by atoms with Gasteiger partial charge in [-0.25, -0.2) is 9.37 Å².